The predicted octanol–water partition coefficient (Wildman–Crippen LogP) is 4.67. The fourth-order valence-corrected chi connectivity index (χ4v) is 4.60. The summed E-state index contributed by atoms with van der Waals surface area (Å²) in [5, 5.41) is 9.81. The van der Waals surface area contributed by atoms with Gasteiger partial charge in [-0.05, 0) is 69.2 Å². The quantitative estimate of drug-likeness (QED) is 0.556. The predicted molar refractivity (Wildman–Crippen MR) is 132 cm³/mol. The Morgan fingerprint density at radius 1 is 1.03 bits per heavy atom. The van der Waals surface area contributed by atoms with Gasteiger partial charge in [0.05, 0.1) is 30.6 Å². The molecule has 0 aliphatic carbocycles. The fraction of sp³-hybridized carbons (Fsp3) is 0.280. The first kappa shape index (κ1) is 23.4. The highest BCUT2D eigenvalue weighted by Crippen LogP contribution is 2.29. The number of benzene rings is 2. The van der Waals surface area contributed by atoms with Gasteiger partial charge in [-0.2, -0.15) is 5.10 Å². The summed E-state index contributed by atoms with van der Waals surface area (Å²) in [5.41, 5.74) is 3.53. The van der Waals surface area contributed by atoms with Gasteiger partial charge in [0.1, 0.15) is 4.88 Å². The van der Waals surface area contributed by atoms with Crippen LogP contribution in [-0.4, -0.2) is 48.3 Å². The lowest BCUT2D eigenvalue weighted by atomic mass is 10.0. The van der Waals surface area contributed by atoms with Gasteiger partial charge in [-0.3, -0.25) is 9.59 Å². The summed E-state index contributed by atoms with van der Waals surface area (Å²) < 4.78 is 10.7. The number of hydrazone groups is 1. The molecule has 2 heterocycles. The number of amides is 2. The molecule has 4 rings (SSSR count). The number of nitrogens with zero attached hydrogens (tertiary/aromatic N) is 3. The van der Waals surface area contributed by atoms with Gasteiger partial charge in [0.2, 0.25) is 0 Å². The summed E-state index contributed by atoms with van der Waals surface area (Å²) in [6, 6.07) is 12.5. The molecule has 176 valence electrons. The lowest BCUT2D eigenvalue weighted by Crippen LogP contribution is -2.32. The third-order valence-corrected chi connectivity index (χ3v) is 6.55. The minimum atomic E-state index is -0.206. The van der Waals surface area contributed by atoms with Crippen LogP contribution in [0.3, 0.4) is 0 Å². The summed E-state index contributed by atoms with van der Waals surface area (Å²) in [4.78, 5) is 30.5. The maximum Gasteiger partial charge on any atom is 0.273 e. The number of methoxy groups -OCH3 is 2. The minimum absolute atomic E-state index is 0.190. The first-order valence-electron chi connectivity index (χ1n) is 10.9. The Morgan fingerprint density at radius 3 is 2.41 bits per heavy atom. The van der Waals surface area contributed by atoms with E-state index in [1.165, 1.54) is 16.3 Å². The zero-order valence-electron chi connectivity index (χ0n) is 19.5. The van der Waals surface area contributed by atoms with E-state index in [2.05, 4.69) is 15.4 Å². The van der Waals surface area contributed by atoms with Crippen LogP contribution in [0.4, 0.5) is 5.69 Å². The number of thiazole rings is 1. The van der Waals surface area contributed by atoms with Crippen LogP contribution in [0.25, 0.3) is 0 Å². The standard InChI is InChI=1S/C25H26N4O4S/c1-15-23(34-16(2)26-15)24(30)27-19-10-7-17(8-11-19)25(31)29-13-5-6-20(28-29)18-9-12-21(32-3)22(14-18)33-4/h7-12,14H,5-6,13H2,1-4H3,(H,27,30). The molecule has 0 saturated heterocycles. The second-order valence-corrected chi connectivity index (χ2v) is 9.03. The zero-order chi connectivity index (χ0) is 24.2. The molecule has 0 bridgehead atoms. The van der Waals surface area contributed by atoms with E-state index in [-0.39, 0.29) is 11.8 Å². The Bertz CT molecular complexity index is 1250. The highest BCUT2D eigenvalue weighted by Gasteiger charge is 2.22. The normalized spacial score (nSPS) is 13.3. The number of anilines is 1. The second-order valence-electron chi connectivity index (χ2n) is 7.83. The van der Waals surface area contributed by atoms with Gasteiger partial charge in [-0.15, -0.1) is 11.3 Å². The van der Waals surface area contributed by atoms with Gasteiger partial charge >= 0.3 is 0 Å². The van der Waals surface area contributed by atoms with E-state index in [1.807, 2.05) is 32.0 Å². The molecule has 0 atom stereocenters. The zero-order valence-corrected chi connectivity index (χ0v) is 20.4. The molecule has 1 aliphatic heterocycles. The van der Waals surface area contributed by atoms with Crippen molar-refractivity contribution in [1.29, 1.82) is 0 Å². The number of rotatable bonds is 6. The lowest BCUT2D eigenvalue weighted by Gasteiger charge is -2.24. The van der Waals surface area contributed by atoms with Crippen LogP contribution in [0.1, 0.15) is 49.1 Å². The number of hydrogen-bond acceptors (Lipinski definition) is 7. The molecule has 8 nitrogen and oxygen atoms in total. The van der Waals surface area contributed by atoms with Gasteiger partial charge in [-0.1, -0.05) is 0 Å². The van der Waals surface area contributed by atoms with Crippen LogP contribution in [0.2, 0.25) is 0 Å². The first-order valence-corrected chi connectivity index (χ1v) is 11.7. The first-order chi connectivity index (χ1) is 16.4. The Labute approximate surface area is 202 Å². The van der Waals surface area contributed by atoms with Crippen molar-refractivity contribution in [3.05, 3.63) is 69.2 Å². The van der Waals surface area contributed by atoms with Crippen molar-refractivity contribution in [3.63, 3.8) is 0 Å². The van der Waals surface area contributed by atoms with Gasteiger partial charge in [0, 0.05) is 23.4 Å². The Hall–Kier alpha value is -3.72. The van der Waals surface area contributed by atoms with Crippen LogP contribution in [0.15, 0.2) is 47.6 Å². The third kappa shape index (κ3) is 4.94. The van der Waals surface area contributed by atoms with E-state index in [0.717, 1.165) is 29.1 Å². The molecule has 9 heteroatoms. The van der Waals surface area contributed by atoms with Gasteiger partial charge in [-0.25, -0.2) is 9.99 Å². The molecular weight excluding hydrogens is 452 g/mol. The maximum atomic E-state index is 13.1. The van der Waals surface area contributed by atoms with Crippen molar-refractivity contribution in [3.8, 4) is 11.5 Å². The number of carbonyl (C=O) groups excluding carboxylic acids is 2. The molecule has 2 aromatic carbocycles. The SMILES string of the molecule is COc1ccc(C2=NN(C(=O)c3ccc(NC(=O)c4sc(C)nc4C)cc3)CCC2)cc1OC. The molecule has 1 aromatic heterocycles. The van der Waals surface area contributed by atoms with E-state index >= 15 is 0 Å². The van der Waals surface area contributed by atoms with Crippen LogP contribution in [-0.2, 0) is 0 Å². The highest BCUT2D eigenvalue weighted by atomic mass is 32.1. The van der Waals surface area contributed by atoms with Crippen LogP contribution < -0.4 is 14.8 Å². The van der Waals surface area contributed by atoms with Crippen LogP contribution >= 0.6 is 11.3 Å². The summed E-state index contributed by atoms with van der Waals surface area (Å²) in [7, 11) is 3.18. The second kappa shape index (κ2) is 10.0. The van der Waals surface area contributed by atoms with E-state index in [0.29, 0.717) is 39.9 Å². The maximum absolute atomic E-state index is 13.1. The largest absolute Gasteiger partial charge is 0.493 e. The molecule has 0 radical (unpaired) electrons. The molecule has 3 aromatic rings. The summed E-state index contributed by atoms with van der Waals surface area (Å²) in [5.74, 6) is 0.864. The average Bonchev–Trinajstić information content (AvgIpc) is 3.21. The van der Waals surface area contributed by atoms with Gasteiger partial charge in [0.15, 0.2) is 11.5 Å². The fourth-order valence-electron chi connectivity index (χ4n) is 3.78. The number of aromatic nitrogens is 1. The molecule has 1 N–H and O–H groups in total. The Kier molecular flexibility index (Phi) is 6.93. The monoisotopic (exact) mass is 478 g/mol. The third-order valence-electron chi connectivity index (χ3n) is 5.48. The topological polar surface area (TPSA) is 93.1 Å². The van der Waals surface area contributed by atoms with Gasteiger partial charge in [0.25, 0.3) is 11.8 Å². The van der Waals surface area contributed by atoms with Crippen molar-refractivity contribution in [2.45, 2.75) is 26.7 Å². The summed E-state index contributed by atoms with van der Waals surface area (Å²) in [6.45, 7) is 4.22. The average molecular weight is 479 g/mol. The van der Waals surface area contributed by atoms with E-state index < -0.39 is 0 Å². The molecule has 1 aliphatic rings. The van der Waals surface area contributed by atoms with Crippen molar-refractivity contribution < 1.29 is 19.1 Å². The summed E-state index contributed by atoms with van der Waals surface area (Å²) >= 11 is 1.36. The molecule has 2 amide bonds. The highest BCUT2D eigenvalue weighted by molar-refractivity contribution is 7.13. The lowest BCUT2D eigenvalue weighted by molar-refractivity contribution is 0.0751. The Morgan fingerprint density at radius 2 is 1.76 bits per heavy atom. The van der Waals surface area contributed by atoms with Crippen LogP contribution in [0, 0.1) is 13.8 Å². The molecular formula is C25H26N4O4S. The van der Waals surface area contributed by atoms with Crippen molar-refractivity contribution >= 4 is 34.6 Å². The molecule has 34 heavy (non-hydrogen) atoms. The van der Waals surface area contributed by atoms with E-state index in [9.17, 15) is 9.59 Å². The Balaban J connectivity index is 1.48. The number of carbonyl (C=O) groups is 2. The summed E-state index contributed by atoms with van der Waals surface area (Å²) in [6.07, 6.45) is 1.57. The van der Waals surface area contributed by atoms with E-state index in [1.54, 1.807) is 38.5 Å². The van der Waals surface area contributed by atoms with Crippen molar-refractivity contribution in [2.75, 3.05) is 26.1 Å². The molecule has 0 saturated carbocycles. The number of nitrogens with one attached hydrogen (secondary N) is 1. The van der Waals surface area contributed by atoms with Crippen molar-refractivity contribution in [2.24, 2.45) is 5.10 Å². The number of hydrogen-bond donors (Lipinski definition) is 1. The molecule has 0 spiro atoms. The van der Waals surface area contributed by atoms with Crippen LogP contribution in [0.5, 0.6) is 11.5 Å². The number of ether oxygens (including phenoxy) is 2. The minimum Gasteiger partial charge on any atom is -0.493 e. The van der Waals surface area contributed by atoms with Gasteiger partial charge < -0.3 is 14.8 Å². The van der Waals surface area contributed by atoms with Crippen molar-refractivity contribution in [1.82, 2.24) is 9.99 Å². The molecule has 0 unspecified atom stereocenters. The number of aryl methyl sites for hydroxylation is 2. The van der Waals surface area contributed by atoms with E-state index in [4.69, 9.17) is 9.47 Å². The smallest absolute Gasteiger partial charge is 0.273 e. The molecule has 0 fully saturated rings.